The van der Waals surface area contributed by atoms with Gasteiger partial charge in [0.2, 0.25) is 0 Å². The lowest BCUT2D eigenvalue weighted by atomic mass is 10.1. The monoisotopic (exact) mass is 261 g/mol. The third-order valence-electron chi connectivity index (χ3n) is 2.69. The molecule has 2 aromatic rings. The predicted molar refractivity (Wildman–Crippen MR) is 68.1 cm³/mol. The van der Waals surface area contributed by atoms with Crippen LogP contribution in [0.3, 0.4) is 0 Å². The normalized spacial score (nSPS) is 10.3. The molecule has 2 rings (SSSR count). The molecule has 19 heavy (non-hydrogen) atoms. The van der Waals surface area contributed by atoms with Gasteiger partial charge in [0.25, 0.3) is 11.2 Å². The van der Waals surface area contributed by atoms with E-state index in [2.05, 4.69) is 4.98 Å². The molecule has 98 valence electrons. The Bertz CT molecular complexity index is 700. The molecule has 0 spiro atoms. The van der Waals surface area contributed by atoms with E-state index in [1.165, 1.54) is 29.0 Å². The van der Waals surface area contributed by atoms with Crippen molar-refractivity contribution in [2.75, 3.05) is 0 Å². The van der Waals surface area contributed by atoms with Gasteiger partial charge in [0.15, 0.2) is 0 Å². The van der Waals surface area contributed by atoms with Crippen molar-refractivity contribution in [2.24, 2.45) is 0 Å². The number of rotatable bonds is 4. The molecule has 0 bridgehead atoms. The van der Waals surface area contributed by atoms with E-state index >= 15 is 0 Å². The van der Waals surface area contributed by atoms with Gasteiger partial charge in [0, 0.05) is 30.9 Å². The van der Waals surface area contributed by atoms with Gasteiger partial charge in [-0.25, -0.2) is 4.79 Å². The highest BCUT2D eigenvalue weighted by molar-refractivity contribution is 5.32. The van der Waals surface area contributed by atoms with Crippen molar-refractivity contribution in [1.29, 1.82) is 0 Å². The Morgan fingerprint density at radius 2 is 1.84 bits per heavy atom. The van der Waals surface area contributed by atoms with Gasteiger partial charge >= 0.3 is 5.69 Å². The predicted octanol–water partition coefficient (Wildman–Crippen LogP) is 0.688. The summed E-state index contributed by atoms with van der Waals surface area (Å²) in [4.78, 5) is 34.5. The topological polar surface area (TPSA) is 98.0 Å². The molecule has 0 saturated heterocycles. The summed E-state index contributed by atoms with van der Waals surface area (Å²) in [6, 6.07) is 7.41. The van der Waals surface area contributed by atoms with Crippen LogP contribution in [0, 0.1) is 10.1 Å². The van der Waals surface area contributed by atoms with E-state index in [-0.39, 0.29) is 5.69 Å². The Hall–Kier alpha value is -2.70. The molecule has 1 heterocycles. The summed E-state index contributed by atoms with van der Waals surface area (Å²) in [5, 5.41) is 10.5. The van der Waals surface area contributed by atoms with Crippen LogP contribution in [0.5, 0.6) is 0 Å². The lowest BCUT2D eigenvalue weighted by molar-refractivity contribution is -0.384. The molecule has 0 fully saturated rings. The summed E-state index contributed by atoms with van der Waals surface area (Å²) in [5.41, 5.74) is 0.0136. The minimum atomic E-state index is -0.464. The zero-order chi connectivity index (χ0) is 13.8. The lowest BCUT2D eigenvalue weighted by Gasteiger charge is -2.04. The van der Waals surface area contributed by atoms with Crippen molar-refractivity contribution in [3.05, 3.63) is 73.0 Å². The van der Waals surface area contributed by atoms with E-state index < -0.39 is 16.2 Å². The van der Waals surface area contributed by atoms with E-state index in [1.807, 2.05) is 0 Å². The number of aromatic nitrogens is 2. The van der Waals surface area contributed by atoms with Gasteiger partial charge in [0.1, 0.15) is 0 Å². The molecule has 0 saturated carbocycles. The Kier molecular flexibility index (Phi) is 3.56. The number of nitrogens with zero attached hydrogens (tertiary/aromatic N) is 2. The summed E-state index contributed by atoms with van der Waals surface area (Å²) in [7, 11) is 0. The number of hydrogen-bond donors (Lipinski definition) is 1. The summed E-state index contributed by atoms with van der Waals surface area (Å²) in [6.45, 7) is 0.396. The second-order valence-electron chi connectivity index (χ2n) is 3.98. The van der Waals surface area contributed by atoms with Crippen molar-refractivity contribution in [2.45, 2.75) is 13.0 Å². The second-order valence-corrected chi connectivity index (χ2v) is 3.98. The Balaban J connectivity index is 2.08. The van der Waals surface area contributed by atoms with Crippen molar-refractivity contribution >= 4 is 5.69 Å². The van der Waals surface area contributed by atoms with Gasteiger partial charge < -0.3 is 4.57 Å². The molecule has 0 unspecified atom stereocenters. The molecule has 0 atom stereocenters. The Morgan fingerprint density at radius 1 is 1.16 bits per heavy atom. The van der Waals surface area contributed by atoms with E-state index in [0.29, 0.717) is 13.0 Å². The van der Waals surface area contributed by atoms with E-state index in [9.17, 15) is 19.7 Å². The number of hydrogen-bond acceptors (Lipinski definition) is 4. The molecule has 7 nitrogen and oxygen atoms in total. The number of aromatic amines is 1. The molecule has 1 N–H and O–H groups in total. The maximum atomic E-state index is 11.4. The Morgan fingerprint density at radius 3 is 2.42 bits per heavy atom. The zero-order valence-corrected chi connectivity index (χ0v) is 9.91. The summed E-state index contributed by atoms with van der Waals surface area (Å²) in [6.07, 6.45) is 1.97. The molecule has 0 aliphatic carbocycles. The average Bonchev–Trinajstić information content (AvgIpc) is 2.38. The third kappa shape index (κ3) is 3.15. The highest BCUT2D eigenvalue weighted by Crippen LogP contribution is 2.12. The third-order valence-corrected chi connectivity index (χ3v) is 2.69. The number of H-pyrrole nitrogens is 1. The number of nitro benzene ring substituents is 1. The van der Waals surface area contributed by atoms with E-state index in [0.717, 1.165) is 5.56 Å². The fourth-order valence-electron chi connectivity index (χ4n) is 1.65. The van der Waals surface area contributed by atoms with Crippen LogP contribution in [0.25, 0.3) is 0 Å². The zero-order valence-electron chi connectivity index (χ0n) is 9.91. The van der Waals surface area contributed by atoms with Gasteiger partial charge in [-0.2, -0.15) is 0 Å². The van der Waals surface area contributed by atoms with Crippen LogP contribution in [0.4, 0.5) is 5.69 Å². The van der Waals surface area contributed by atoms with Crippen LogP contribution in [0.1, 0.15) is 5.56 Å². The minimum absolute atomic E-state index is 0.0324. The molecular weight excluding hydrogens is 250 g/mol. The number of non-ortho nitro benzene ring substituents is 1. The van der Waals surface area contributed by atoms with Gasteiger partial charge in [-0.3, -0.25) is 19.9 Å². The van der Waals surface area contributed by atoms with Gasteiger partial charge in [-0.15, -0.1) is 0 Å². The molecule has 0 amide bonds. The van der Waals surface area contributed by atoms with Crippen molar-refractivity contribution in [1.82, 2.24) is 9.55 Å². The SMILES string of the molecule is O=c1ccn(CCc2ccc([N+](=O)[O-])cc2)c(=O)[nH]1. The number of nitro groups is 1. The first-order valence-electron chi connectivity index (χ1n) is 5.59. The molecule has 1 aromatic heterocycles. The van der Waals surface area contributed by atoms with Crippen LogP contribution >= 0.6 is 0 Å². The summed E-state index contributed by atoms with van der Waals surface area (Å²) < 4.78 is 1.38. The van der Waals surface area contributed by atoms with Crippen LogP contribution < -0.4 is 11.2 Å². The highest BCUT2D eigenvalue weighted by Gasteiger charge is 2.04. The van der Waals surface area contributed by atoms with Gasteiger partial charge in [-0.05, 0) is 12.0 Å². The molecule has 0 aliphatic rings. The van der Waals surface area contributed by atoms with Crippen LogP contribution in [-0.2, 0) is 13.0 Å². The highest BCUT2D eigenvalue weighted by atomic mass is 16.6. The van der Waals surface area contributed by atoms with Gasteiger partial charge in [0.05, 0.1) is 4.92 Å². The second kappa shape index (κ2) is 5.30. The first-order valence-corrected chi connectivity index (χ1v) is 5.59. The molecule has 0 aliphatic heterocycles. The van der Waals surface area contributed by atoms with Crippen molar-refractivity contribution in [3.8, 4) is 0 Å². The van der Waals surface area contributed by atoms with E-state index in [4.69, 9.17) is 0 Å². The fourth-order valence-corrected chi connectivity index (χ4v) is 1.65. The van der Waals surface area contributed by atoms with Gasteiger partial charge in [-0.1, -0.05) is 12.1 Å². The Labute approximate surface area is 107 Å². The summed E-state index contributed by atoms with van der Waals surface area (Å²) >= 11 is 0. The molecule has 0 radical (unpaired) electrons. The number of nitrogens with one attached hydrogen (secondary N) is 1. The standard InChI is InChI=1S/C12H11N3O4/c16-11-6-8-14(12(17)13-11)7-5-9-1-3-10(4-2-9)15(18)19/h1-4,6,8H,5,7H2,(H,13,16,17). The first kappa shape index (κ1) is 12.7. The van der Waals surface area contributed by atoms with Crippen molar-refractivity contribution < 1.29 is 4.92 Å². The van der Waals surface area contributed by atoms with Crippen molar-refractivity contribution in [3.63, 3.8) is 0 Å². The largest absolute Gasteiger partial charge is 0.328 e. The van der Waals surface area contributed by atoms with Crippen LogP contribution in [0.15, 0.2) is 46.1 Å². The number of aryl methyl sites for hydroxylation is 2. The average molecular weight is 261 g/mol. The van der Waals surface area contributed by atoms with Crippen LogP contribution in [-0.4, -0.2) is 14.5 Å². The number of benzene rings is 1. The van der Waals surface area contributed by atoms with Crippen LogP contribution in [0.2, 0.25) is 0 Å². The van der Waals surface area contributed by atoms with E-state index in [1.54, 1.807) is 12.1 Å². The quantitative estimate of drug-likeness (QED) is 0.646. The maximum Gasteiger partial charge on any atom is 0.328 e. The molecule has 1 aromatic carbocycles. The molecular formula is C12H11N3O4. The summed E-state index contributed by atoms with van der Waals surface area (Å²) in [5.74, 6) is 0. The maximum absolute atomic E-state index is 11.4. The smallest absolute Gasteiger partial charge is 0.300 e. The molecule has 7 heteroatoms. The first-order chi connectivity index (χ1) is 9.06. The fraction of sp³-hybridized carbons (Fsp3) is 0.167. The lowest BCUT2D eigenvalue weighted by Crippen LogP contribution is -2.29. The minimum Gasteiger partial charge on any atom is -0.300 e.